The molecule has 6 nitrogen and oxygen atoms in total. The SMILES string of the molecule is CCOCCCN=C(NCCOc1ccccc1)NCCc1ccco1. The lowest BCUT2D eigenvalue weighted by molar-refractivity contribution is 0.146. The van der Waals surface area contributed by atoms with E-state index >= 15 is 0 Å². The van der Waals surface area contributed by atoms with Crippen molar-refractivity contribution in [3.8, 4) is 5.75 Å². The first-order valence-electron chi connectivity index (χ1n) is 9.18. The van der Waals surface area contributed by atoms with Crippen LogP contribution in [0.2, 0.25) is 0 Å². The first kappa shape index (κ1) is 19.8. The fourth-order valence-corrected chi connectivity index (χ4v) is 2.29. The van der Waals surface area contributed by atoms with E-state index in [0.717, 1.165) is 56.6 Å². The van der Waals surface area contributed by atoms with Crippen LogP contribution in [-0.4, -0.2) is 45.4 Å². The van der Waals surface area contributed by atoms with Gasteiger partial charge < -0.3 is 24.5 Å². The summed E-state index contributed by atoms with van der Waals surface area (Å²) in [6.07, 6.45) is 3.41. The van der Waals surface area contributed by atoms with Crippen LogP contribution in [0.25, 0.3) is 0 Å². The van der Waals surface area contributed by atoms with E-state index < -0.39 is 0 Å². The molecule has 1 aromatic carbocycles. The molecule has 26 heavy (non-hydrogen) atoms. The third-order valence-corrected chi connectivity index (χ3v) is 3.57. The van der Waals surface area contributed by atoms with E-state index in [4.69, 9.17) is 13.9 Å². The predicted molar refractivity (Wildman–Crippen MR) is 104 cm³/mol. The highest BCUT2D eigenvalue weighted by Gasteiger charge is 2.01. The molecule has 0 aliphatic rings. The average Bonchev–Trinajstić information content (AvgIpc) is 3.19. The molecule has 0 unspecified atom stereocenters. The van der Waals surface area contributed by atoms with Gasteiger partial charge in [-0.15, -0.1) is 0 Å². The maximum absolute atomic E-state index is 5.70. The summed E-state index contributed by atoms with van der Waals surface area (Å²) >= 11 is 0. The first-order chi connectivity index (χ1) is 12.9. The summed E-state index contributed by atoms with van der Waals surface area (Å²) in [5.41, 5.74) is 0. The normalized spacial score (nSPS) is 11.3. The number of hydrogen-bond acceptors (Lipinski definition) is 4. The standard InChI is InChI=1S/C20H29N3O3/c1-2-24-15-7-12-21-20(22-13-11-19-10-6-16-25-19)23-14-17-26-18-8-4-3-5-9-18/h3-6,8-10,16H,2,7,11-15,17H2,1H3,(H2,21,22,23). The van der Waals surface area contributed by atoms with E-state index in [2.05, 4.69) is 15.6 Å². The molecular formula is C20H29N3O3. The van der Waals surface area contributed by atoms with E-state index in [1.54, 1.807) is 6.26 Å². The molecular weight excluding hydrogens is 330 g/mol. The van der Waals surface area contributed by atoms with Crippen molar-refractivity contribution in [1.82, 2.24) is 10.6 Å². The Bertz CT molecular complexity index is 600. The van der Waals surface area contributed by atoms with Gasteiger partial charge in [-0.3, -0.25) is 4.99 Å². The molecule has 0 atom stereocenters. The maximum atomic E-state index is 5.70. The zero-order valence-electron chi connectivity index (χ0n) is 15.4. The van der Waals surface area contributed by atoms with Crippen molar-refractivity contribution in [1.29, 1.82) is 0 Å². The second-order valence-electron chi connectivity index (χ2n) is 5.63. The lowest BCUT2D eigenvalue weighted by atomic mass is 10.3. The second kappa shape index (κ2) is 12.8. The summed E-state index contributed by atoms with van der Waals surface area (Å²) in [5, 5.41) is 6.63. The van der Waals surface area contributed by atoms with Gasteiger partial charge in [-0.25, -0.2) is 0 Å². The number of hydrogen-bond donors (Lipinski definition) is 2. The molecule has 0 fully saturated rings. The molecule has 0 spiro atoms. The molecule has 142 valence electrons. The minimum Gasteiger partial charge on any atom is -0.492 e. The van der Waals surface area contributed by atoms with Crippen molar-refractivity contribution >= 4 is 5.96 Å². The van der Waals surface area contributed by atoms with Gasteiger partial charge in [0, 0.05) is 32.7 Å². The van der Waals surface area contributed by atoms with Gasteiger partial charge in [-0.2, -0.15) is 0 Å². The summed E-state index contributed by atoms with van der Waals surface area (Å²) in [6.45, 7) is 6.19. The summed E-state index contributed by atoms with van der Waals surface area (Å²) in [7, 11) is 0. The Hall–Kier alpha value is -2.47. The number of nitrogens with zero attached hydrogens (tertiary/aromatic N) is 1. The number of nitrogens with one attached hydrogen (secondary N) is 2. The third kappa shape index (κ3) is 8.58. The molecule has 0 saturated heterocycles. The van der Waals surface area contributed by atoms with Gasteiger partial charge in [0.2, 0.25) is 0 Å². The minimum atomic E-state index is 0.571. The summed E-state index contributed by atoms with van der Waals surface area (Å²) in [5.74, 6) is 2.61. The van der Waals surface area contributed by atoms with Crippen LogP contribution in [0, 0.1) is 0 Å². The summed E-state index contributed by atoms with van der Waals surface area (Å²) in [4.78, 5) is 4.59. The molecule has 0 bridgehead atoms. The monoisotopic (exact) mass is 359 g/mol. The molecule has 0 saturated carbocycles. The van der Waals surface area contributed by atoms with Crippen LogP contribution in [0.4, 0.5) is 0 Å². The van der Waals surface area contributed by atoms with Gasteiger partial charge in [-0.1, -0.05) is 18.2 Å². The molecule has 1 aromatic heterocycles. The first-order valence-corrected chi connectivity index (χ1v) is 9.18. The molecule has 0 aliphatic heterocycles. The Morgan fingerprint density at radius 3 is 2.65 bits per heavy atom. The Morgan fingerprint density at radius 2 is 1.88 bits per heavy atom. The molecule has 1 heterocycles. The molecule has 0 aliphatic carbocycles. The van der Waals surface area contributed by atoms with Crippen molar-refractivity contribution in [2.45, 2.75) is 19.8 Å². The van der Waals surface area contributed by atoms with Crippen LogP contribution in [-0.2, 0) is 11.2 Å². The highest BCUT2D eigenvalue weighted by molar-refractivity contribution is 5.79. The summed E-state index contributed by atoms with van der Waals surface area (Å²) in [6, 6.07) is 13.7. The number of aliphatic imine (C=N–C) groups is 1. The maximum Gasteiger partial charge on any atom is 0.191 e. The van der Waals surface area contributed by atoms with Gasteiger partial charge in [0.15, 0.2) is 5.96 Å². The van der Waals surface area contributed by atoms with Crippen LogP contribution >= 0.6 is 0 Å². The number of guanidine groups is 1. The van der Waals surface area contributed by atoms with E-state index in [1.165, 1.54) is 0 Å². The smallest absolute Gasteiger partial charge is 0.191 e. The molecule has 2 rings (SSSR count). The van der Waals surface area contributed by atoms with E-state index in [1.807, 2.05) is 49.4 Å². The van der Waals surface area contributed by atoms with Gasteiger partial charge in [0.1, 0.15) is 18.1 Å². The zero-order chi connectivity index (χ0) is 18.3. The van der Waals surface area contributed by atoms with Crippen LogP contribution in [0.5, 0.6) is 5.75 Å². The lowest BCUT2D eigenvalue weighted by Crippen LogP contribution is -2.40. The molecule has 6 heteroatoms. The van der Waals surface area contributed by atoms with Crippen molar-refractivity contribution in [3.63, 3.8) is 0 Å². The highest BCUT2D eigenvalue weighted by atomic mass is 16.5. The van der Waals surface area contributed by atoms with Crippen LogP contribution in [0.3, 0.4) is 0 Å². The van der Waals surface area contributed by atoms with E-state index in [9.17, 15) is 0 Å². The van der Waals surface area contributed by atoms with Gasteiger partial charge in [-0.05, 0) is 37.6 Å². The van der Waals surface area contributed by atoms with Crippen LogP contribution < -0.4 is 15.4 Å². The number of para-hydroxylation sites is 1. The second-order valence-corrected chi connectivity index (χ2v) is 5.63. The largest absolute Gasteiger partial charge is 0.492 e. The van der Waals surface area contributed by atoms with Crippen LogP contribution in [0.1, 0.15) is 19.1 Å². The van der Waals surface area contributed by atoms with Gasteiger partial charge in [0.05, 0.1) is 12.8 Å². The highest BCUT2D eigenvalue weighted by Crippen LogP contribution is 2.07. The fourth-order valence-electron chi connectivity index (χ4n) is 2.29. The summed E-state index contributed by atoms with van der Waals surface area (Å²) < 4.78 is 16.4. The van der Waals surface area contributed by atoms with Crippen molar-refractivity contribution < 1.29 is 13.9 Å². The Morgan fingerprint density at radius 1 is 1.04 bits per heavy atom. The Labute approximate surface area is 155 Å². The number of rotatable bonds is 12. The lowest BCUT2D eigenvalue weighted by Gasteiger charge is -2.13. The fraction of sp³-hybridized carbons (Fsp3) is 0.450. The quantitative estimate of drug-likeness (QED) is 0.346. The molecule has 2 aromatic rings. The Balaban J connectivity index is 1.70. The molecule has 0 radical (unpaired) electrons. The van der Waals surface area contributed by atoms with Crippen molar-refractivity contribution in [3.05, 3.63) is 54.5 Å². The van der Waals surface area contributed by atoms with Crippen molar-refractivity contribution in [2.24, 2.45) is 4.99 Å². The van der Waals surface area contributed by atoms with Crippen LogP contribution in [0.15, 0.2) is 58.1 Å². The molecule has 0 amide bonds. The van der Waals surface area contributed by atoms with E-state index in [-0.39, 0.29) is 0 Å². The Kier molecular flexibility index (Phi) is 9.80. The predicted octanol–water partition coefficient (Wildman–Crippen LogP) is 2.86. The van der Waals surface area contributed by atoms with Gasteiger partial charge in [0.25, 0.3) is 0 Å². The number of furan rings is 1. The zero-order valence-corrected chi connectivity index (χ0v) is 15.4. The molecule has 2 N–H and O–H groups in total. The number of ether oxygens (including phenoxy) is 2. The minimum absolute atomic E-state index is 0.571. The number of benzene rings is 1. The topological polar surface area (TPSA) is 68.0 Å². The van der Waals surface area contributed by atoms with Gasteiger partial charge >= 0.3 is 0 Å². The third-order valence-electron chi connectivity index (χ3n) is 3.57. The average molecular weight is 359 g/mol. The van der Waals surface area contributed by atoms with Crippen molar-refractivity contribution in [2.75, 3.05) is 39.5 Å². The van der Waals surface area contributed by atoms with E-state index in [0.29, 0.717) is 13.2 Å².